The number of likely N-dealkylation sites (tertiary alicyclic amines) is 1. The molecule has 2 amide bonds. The van der Waals surface area contributed by atoms with Crippen LogP contribution in [-0.2, 0) is 0 Å². The van der Waals surface area contributed by atoms with E-state index in [1.807, 2.05) is 19.1 Å². The maximum Gasteiger partial charge on any atom is 0.289 e. The second kappa shape index (κ2) is 9.04. The largest absolute Gasteiger partial charge is 0.497 e. The summed E-state index contributed by atoms with van der Waals surface area (Å²) >= 11 is 0. The Hall–Kier alpha value is -3.61. The molecule has 0 radical (unpaired) electrons. The fraction of sp³-hybridized carbons (Fsp3) is 0.292. The molecule has 1 aliphatic rings. The van der Waals surface area contributed by atoms with Gasteiger partial charge in [-0.3, -0.25) is 14.6 Å². The summed E-state index contributed by atoms with van der Waals surface area (Å²) in [4.78, 5) is 32.0. The van der Waals surface area contributed by atoms with E-state index in [1.165, 1.54) is 6.26 Å². The molecule has 31 heavy (non-hydrogen) atoms. The van der Waals surface area contributed by atoms with Gasteiger partial charge in [0, 0.05) is 30.4 Å². The number of nitrogens with one attached hydrogen (secondary N) is 1. The standard InChI is InChI=1S/C24H25N3O4/c1-16-5-10-20(23(28)26-18-6-8-19(30-2)9-7-18)22(25-16)17-11-13-27(14-12-17)24(29)21-4-3-15-31-21/h3-10,15,17H,11-14H2,1-2H3,(H,26,28). The third-order valence-electron chi connectivity index (χ3n) is 5.56. The van der Waals surface area contributed by atoms with E-state index < -0.39 is 0 Å². The molecule has 2 aromatic heterocycles. The molecular weight excluding hydrogens is 394 g/mol. The third-order valence-corrected chi connectivity index (χ3v) is 5.56. The number of piperidine rings is 1. The molecule has 0 aliphatic carbocycles. The molecule has 0 atom stereocenters. The molecule has 0 saturated carbocycles. The van der Waals surface area contributed by atoms with Gasteiger partial charge in [0.2, 0.25) is 0 Å². The van der Waals surface area contributed by atoms with Gasteiger partial charge in [0.1, 0.15) is 5.75 Å². The number of furan rings is 1. The van der Waals surface area contributed by atoms with Gasteiger partial charge < -0.3 is 19.4 Å². The van der Waals surface area contributed by atoms with Crippen molar-refractivity contribution >= 4 is 17.5 Å². The van der Waals surface area contributed by atoms with Gasteiger partial charge in [-0.25, -0.2) is 0 Å². The van der Waals surface area contributed by atoms with E-state index in [1.54, 1.807) is 48.4 Å². The minimum Gasteiger partial charge on any atom is -0.497 e. The van der Waals surface area contributed by atoms with Crippen molar-refractivity contribution < 1.29 is 18.7 Å². The fourth-order valence-electron chi connectivity index (χ4n) is 3.86. The van der Waals surface area contributed by atoms with Crippen LogP contribution in [0.25, 0.3) is 0 Å². The van der Waals surface area contributed by atoms with E-state index in [2.05, 4.69) is 5.32 Å². The SMILES string of the molecule is COc1ccc(NC(=O)c2ccc(C)nc2C2CCN(C(=O)c3ccco3)CC2)cc1. The lowest BCUT2D eigenvalue weighted by molar-refractivity contribution is 0.0679. The lowest BCUT2D eigenvalue weighted by Gasteiger charge is -2.32. The second-order valence-electron chi connectivity index (χ2n) is 7.61. The van der Waals surface area contributed by atoms with Crippen LogP contribution in [0, 0.1) is 6.92 Å². The number of rotatable bonds is 5. The summed E-state index contributed by atoms with van der Waals surface area (Å²) in [6, 6.07) is 14.3. The average molecular weight is 419 g/mol. The lowest BCUT2D eigenvalue weighted by Crippen LogP contribution is -2.38. The van der Waals surface area contributed by atoms with Crippen molar-refractivity contribution in [3.63, 3.8) is 0 Å². The molecule has 1 aromatic carbocycles. The monoisotopic (exact) mass is 419 g/mol. The molecule has 4 rings (SSSR count). The first-order valence-electron chi connectivity index (χ1n) is 10.3. The minimum atomic E-state index is -0.193. The number of hydrogen-bond acceptors (Lipinski definition) is 5. The average Bonchev–Trinajstić information content (AvgIpc) is 3.34. The Balaban J connectivity index is 1.48. The maximum absolute atomic E-state index is 13.0. The fourth-order valence-corrected chi connectivity index (χ4v) is 3.86. The van der Waals surface area contributed by atoms with Crippen molar-refractivity contribution in [2.75, 3.05) is 25.5 Å². The van der Waals surface area contributed by atoms with Gasteiger partial charge in [-0.05, 0) is 68.3 Å². The summed E-state index contributed by atoms with van der Waals surface area (Å²) in [5, 5.41) is 2.94. The molecule has 7 nitrogen and oxygen atoms in total. The van der Waals surface area contributed by atoms with Crippen LogP contribution in [-0.4, -0.2) is 41.9 Å². The van der Waals surface area contributed by atoms with E-state index in [0.717, 1.165) is 30.0 Å². The molecule has 1 fully saturated rings. The minimum absolute atomic E-state index is 0.0990. The van der Waals surface area contributed by atoms with Crippen LogP contribution in [0.4, 0.5) is 5.69 Å². The van der Waals surface area contributed by atoms with Crippen LogP contribution in [0.5, 0.6) is 5.75 Å². The van der Waals surface area contributed by atoms with Gasteiger partial charge in [-0.15, -0.1) is 0 Å². The highest BCUT2D eigenvalue weighted by Gasteiger charge is 2.29. The van der Waals surface area contributed by atoms with E-state index in [4.69, 9.17) is 14.1 Å². The van der Waals surface area contributed by atoms with Crippen LogP contribution in [0.3, 0.4) is 0 Å². The van der Waals surface area contributed by atoms with Crippen molar-refractivity contribution in [2.45, 2.75) is 25.7 Å². The van der Waals surface area contributed by atoms with Crippen LogP contribution >= 0.6 is 0 Å². The number of carbonyl (C=O) groups is 2. The zero-order valence-electron chi connectivity index (χ0n) is 17.6. The van der Waals surface area contributed by atoms with Crippen molar-refractivity contribution in [1.82, 2.24) is 9.88 Å². The Morgan fingerprint density at radius 3 is 2.48 bits per heavy atom. The molecule has 1 N–H and O–H groups in total. The van der Waals surface area contributed by atoms with Gasteiger partial charge in [-0.2, -0.15) is 0 Å². The highest BCUT2D eigenvalue weighted by Crippen LogP contribution is 2.30. The zero-order chi connectivity index (χ0) is 21.8. The molecule has 3 heterocycles. The maximum atomic E-state index is 13.0. The number of pyridine rings is 1. The van der Waals surface area contributed by atoms with E-state index in [9.17, 15) is 9.59 Å². The number of hydrogen-bond donors (Lipinski definition) is 1. The zero-order valence-corrected chi connectivity index (χ0v) is 17.6. The number of amides is 2. The van der Waals surface area contributed by atoms with Crippen LogP contribution < -0.4 is 10.1 Å². The Bertz CT molecular complexity index is 1050. The topological polar surface area (TPSA) is 84.7 Å². The normalized spacial score (nSPS) is 14.3. The Labute approximate surface area is 181 Å². The summed E-state index contributed by atoms with van der Waals surface area (Å²) in [7, 11) is 1.60. The van der Waals surface area contributed by atoms with E-state index in [0.29, 0.717) is 30.1 Å². The van der Waals surface area contributed by atoms with Crippen molar-refractivity contribution in [3.05, 3.63) is 77.5 Å². The smallest absolute Gasteiger partial charge is 0.289 e. The first-order valence-corrected chi connectivity index (χ1v) is 10.3. The van der Waals surface area contributed by atoms with Crippen LogP contribution in [0.1, 0.15) is 51.1 Å². The summed E-state index contributed by atoms with van der Waals surface area (Å²) in [5.41, 5.74) is 2.91. The van der Waals surface area contributed by atoms with Gasteiger partial charge in [0.15, 0.2) is 5.76 Å². The molecule has 0 bridgehead atoms. The molecule has 7 heteroatoms. The van der Waals surface area contributed by atoms with Gasteiger partial charge >= 0.3 is 0 Å². The Morgan fingerprint density at radius 1 is 1.10 bits per heavy atom. The van der Waals surface area contributed by atoms with Crippen molar-refractivity contribution in [2.24, 2.45) is 0 Å². The predicted molar refractivity (Wildman–Crippen MR) is 117 cm³/mol. The van der Waals surface area contributed by atoms with Crippen molar-refractivity contribution in [3.8, 4) is 5.75 Å². The molecule has 0 unspecified atom stereocenters. The predicted octanol–water partition coefficient (Wildman–Crippen LogP) is 4.26. The quantitative estimate of drug-likeness (QED) is 0.668. The van der Waals surface area contributed by atoms with Crippen LogP contribution in [0.15, 0.2) is 59.2 Å². The number of anilines is 1. The van der Waals surface area contributed by atoms with Gasteiger partial charge in [0.25, 0.3) is 11.8 Å². The van der Waals surface area contributed by atoms with E-state index in [-0.39, 0.29) is 17.7 Å². The summed E-state index contributed by atoms with van der Waals surface area (Å²) in [6.45, 7) is 3.11. The highest BCUT2D eigenvalue weighted by atomic mass is 16.5. The number of aromatic nitrogens is 1. The molecule has 3 aromatic rings. The summed E-state index contributed by atoms with van der Waals surface area (Å²) in [6.07, 6.45) is 2.99. The number of methoxy groups -OCH3 is 1. The number of aryl methyl sites for hydroxylation is 1. The molecule has 1 saturated heterocycles. The number of carbonyl (C=O) groups excluding carboxylic acids is 2. The van der Waals surface area contributed by atoms with E-state index >= 15 is 0 Å². The Morgan fingerprint density at radius 2 is 1.84 bits per heavy atom. The molecule has 160 valence electrons. The summed E-state index contributed by atoms with van der Waals surface area (Å²) < 4.78 is 10.4. The highest BCUT2D eigenvalue weighted by molar-refractivity contribution is 6.05. The second-order valence-corrected chi connectivity index (χ2v) is 7.61. The van der Waals surface area contributed by atoms with Gasteiger partial charge in [-0.1, -0.05) is 0 Å². The third kappa shape index (κ3) is 4.60. The number of benzene rings is 1. The van der Waals surface area contributed by atoms with Crippen molar-refractivity contribution in [1.29, 1.82) is 0 Å². The van der Waals surface area contributed by atoms with Gasteiger partial charge in [0.05, 0.1) is 24.6 Å². The number of ether oxygens (including phenoxy) is 1. The molecule has 1 aliphatic heterocycles. The first kappa shape index (κ1) is 20.7. The first-order chi connectivity index (χ1) is 15.0. The molecule has 0 spiro atoms. The summed E-state index contributed by atoms with van der Waals surface area (Å²) in [5.74, 6) is 0.898. The lowest BCUT2D eigenvalue weighted by atomic mass is 9.89. The van der Waals surface area contributed by atoms with Crippen LogP contribution in [0.2, 0.25) is 0 Å². The number of nitrogens with zero attached hydrogens (tertiary/aromatic N) is 2. The molecular formula is C24H25N3O4. The Kier molecular flexibility index (Phi) is 6.02.